The predicted octanol–water partition coefficient (Wildman–Crippen LogP) is 2.82. The van der Waals surface area contributed by atoms with Gasteiger partial charge in [0.1, 0.15) is 5.82 Å². The second-order valence-corrected chi connectivity index (χ2v) is 11.8. The van der Waals surface area contributed by atoms with Gasteiger partial charge in [-0.05, 0) is 67.9 Å². The number of nitrogens with one attached hydrogen (secondary N) is 1. The van der Waals surface area contributed by atoms with Crippen LogP contribution in [0.2, 0.25) is 0 Å². The predicted molar refractivity (Wildman–Crippen MR) is 113 cm³/mol. The van der Waals surface area contributed by atoms with Crippen LogP contribution in [0.1, 0.15) is 66.4 Å². The van der Waals surface area contributed by atoms with Gasteiger partial charge in [-0.15, -0.1) is 0 Å². The fourth-order valence-corrected chi connectivity index (χ4v) is 7.16. The molecule has 1 aromatic heterocycles. The molecule has 6 nitrogen and oxygen atoms in total. The molecule has 3 fully saturated rings. The van der Waals surface area contributed by atoms with E-state index in [2.05, 4.69) is 5.32 Å². The number of rotatable bonds is 3. The Kier molecular flexibility index (Phi) is 5.04. The molecular weight excluding hydrogens is 386 g/mol. The fourth-order valence-electron chi connectivity index (χ4n) is 5.96. The van der Waals surface area contributed by atoms with Crippen LogP contribution >= 0.6 is 0 Å². The number of hydrogen-bond donors (Lipinski definition) is 1. The maximum Gasteiger partial charge on any atom is 0.255 e. The van der Waals surface area contributed by atoms with Crippen LogP contribution in [0.3, 0.4) is 0 Å². The molecule has 158 valence electrons. The number of anilines is 1. The van der Waals surface area contributed by atoms with Crippen molar-refractivity contribution in [3.05, 3.63) is 22.9 Å². The average Bonchev–Trinajstić information content (AvgIpc) is 3.06. The summed E-state index contributed by atoms with van der Waals surface area (Å²) >= 11 is 0. The van der Waals surface area contributed by atoms with Gasteiger partial charge in [-0.2, -0.15) is 0 Å². The summed E-state index contributed by atoms with van der Waals surface area (Å²) in [7, 11) is -3.00. The molecule has 2 bridgehead atoms. The first-order chi connectivity index (χ1) is 14.0. The van der Waals surface area contributed by atoms with Crippen molar-refractivity contribution in [3.8, 4) is 0 Å². The minimum atomic E-state index is -3.00. The van der Waals surface area contributed by atoms with E-state index in [4.69, 9.17) is 4.98 Å². The molecule has 7 heteroatoms. The number of carbonyl (C=O) groups excluding carboxylic acids is 1. The maximum atomic E-state index is 13.1. The lowest BCUT2D eigenvalue weighted by Gasteiger charge is -2.32. The van der Waals surface area contributed by atoms with Crippen LogP contribution in [-0.4, -0.2) is 54.8 Å². The Morgan fingerprint density at radius 2 is 1.66 bits per heavy atom. The third kappa shape index (κ3) is 3.90. The summed E-state index contributed by atoms with van der Waals surface area (Å²) in [5.41, 5.74) is 3.06. The van der Waals surface area contributed by atoms with Crippen molar-refractivity contribution in [1.82, 2.24) is 9.88 Å². The number of aromatic nitrogens is 1. The highest BCUT2D eigenvalue weighted by Crippen LogP contribution is 2.43. The summed E-state index contributed by atoms with van der Waals surface area (Å²) < 4.78 is 23.4. The molecule has 0 unspecified atom stereocenters. The highest BCUT2D eigenvalue weighted by molar-refractivity contribution is 7.91. The van der Waals surface area contributed by atoms with Gasteiger partial charge in [0, 0.05) is 25.3 Å². The van der Waals surface area contributed by atoms with E-state index in [1.54, 1.807) is 11.1 Å². The summed E-state index contributed by atoms with van der Waals surface area (Å²) in [6.45, 7) is 0.585. The lowest BCUT2D eigenvalue weighted by molar-refractivity contribution is 0.0768. The van der Waals surface area contributed by atoms with Gasteiger partial charge < -0.3 is 10.2 Å². The third-order valence-corrected chi connectivity index (χ3v) is 9.10. The largest absolute Gasteiger partial charge is 0.367 e. The van der Waals surface area contributed by atoms with Gasteiger partial charge in [0.2, 0.25) is 0 Å². The Bertz CT molecular complexity index is 888. The van der Waals surface area contributed by atoms with E-state index in [-0.39, 0.29) is 17.4 Å². The molecule has 2 heterocycles. The number of nitrogens with zero attached hydrogens (tertiary/aromatic N) is 2. The van der Waals surface area contributed by atoms with E-state index < -0.39 is 9.84 Å². The van der Waals surface area contributed by atoms with Gasteiger partial charge in [0.05, 0.1) is 17.1 Å². The zero-order valence-electron chi connectivity index (χ0n) is 17.0. The number of fused-ring (bicyclic) bond motifs is 3. The lowest BCUT2D eigenvalue weighted by Crippen LogP contribution is -2.44. The monoisotopic (exact) mass is 417 g/mol. The molecule has 4 aliphatic rings. The second-order valence-electron chi connectivity index (χ2n) is 9.49. The molecule has 1 aromatic rings. The zero-order valence-corrected chi connectivity index (χ0v) is 17.8. The van der Waals surface area contributed by atoms with Crippen LogP contribution in [0, 0.1) is 11.8 Å². The molecule has 3 aliphatic carbocycles. The van der Waals surface area contributed by atoms with Crippen LogP contribution in [-0.2, 0) is 22.7 Å². The Morgan fingerprint density at radius 1 is 1.00 bits per heavy atom. The van der Waals surface area contributed by atoms with Gasteiger partial charge in [-0.25, -0.2) is 13.4 Å². The molecule has 2 saturated carbocycles. The summed E-state index contributed by atoms with van der Waals surface area (Å²) in [5.74, 6) is 2.82. The summed E-state index contributed by atoms with van der Waals surface area (Å²) in [4.78, 5) is 19.6. The average molecular weight is 418 g/mol. The topological polar surface area (TPSA) is 79.4 Å². The molecule has 3 atom stereocenters. The van der Waals surface area contributed by atoms with Gasteiger partial charge >= 0.3 is 0 Å². The van der Waals surface area contributed by atoms with E-state index >= 15 is 0 Å². The lowest BCUT2D eigenvalue weighted by atomic mass is 9.84. The Balaban J connectivity index is 1.38. The van der Waals surface area contributed by atoms with Crippen LogP contribution in [0.5, 0.6) is 0 Å². The van der Waals surface area contributed by atoms with Gasteiger partial charge in [-0.3, -0.25) is 4.79 Å². The third-order valence-electron chi connectivity index (χ3n) is 7.49. The number of hydrogen-bond acceptors (Lipinski definition) is 5. The fraction of sp³-hybridized carbons (Fsp3) is 0.727. The van der Waals surface area contributed by atoms with Gasteiger partial charge in [0.25, 0.3) is 5.91 Å². The molecule has 29 heavy (non-hydrogen) atoms. The number of amides is 1. The number of pyridine rings is 1. The molecule has 0 radical (unpaired) electrons. The molecule has 0 aromatic carbocycles. The highest BCUT2D eigenvalue weighted by atomic mass is 32.2. The first-order valence-electron chi connectivity index (χ1n) is 11.3. The van der Waals surface area contributed by atoms with Crippen LogP contribution in [0.4, 0.5) is 5.82 Å². The van der Waals surface area contributed by atoms with E-state index in [0.717, 1.165) is 48.9 Å². The Labute approximate surface area is 173 Å². The highest BCUT2D eigenvalue weighted by Gasteiger charge is 2.35. The molecule has 1 aliphatic heterocycles. The quantitative estimate of drug-likeness (QED) is 0.818. The van der Waals surface area contributed by atoms with Crippen molar-refractivity contribution in [2.24, 2.45) is 11.8 Å². The normalized spacial score (nSPS) is 30.6. The summed E-state index contributed by atoms with van der Waals surface area (Å²) in [6, 6.07) is 0.508. The Hall–Kier alpha value is -1.63. The number of sulfone groups is 1. The van der Waals surface area contributed by atoms with E-state index in [1.165, 1.54) is 37.7 Å². The van der Waals surface area contributed by atoms with Crippen molar-refractivity contribution < 1.29 is 13.2 Å². The molecule has 0 spiro atoms. The van der Waals surface area contributed by atoms with Crippen molar-refractivity contribution in [1.29, 1.82) is 0 Å². The Morgan fingerprint density at radius 3 is 2.34 bits per heavy atom. The summed E-state index contributed by atoms with van der Waals surface area (Å²) in [5, 5.41) is 3.75. The maximum absolute atomic E-state index is 13.1. The minimum Gasteiger partial charge on any atom is -0.367 e. The van der Waals surface area contributed by atoms with Crippen LogP contribution < -0.4 is 5.32 Å². The standard InChI is InChI=1S/C22H31N3O3S/c26-22(25-7-9-29(27,28)10-8-25)20-14-23-21(19-4-2-1-3-18(19)20)24-17-12-15-5-6-16(11-15)13-17/h14-17H,1-13H2,(H,23,24)/t15-,16+,17-. The van der Waals surface area contributed by atoms with Crippen molar-refractivity contribution >= 4 is 21.6 Å². The first-order valence-corrected chi connectivity index (χ1v) is 13.1. The van der Waals surface area contributed by atoms with E-state index in [1.807, 2.05) is 0 Å². The number of carbonyl (C=O) groups is 1. The van der Waals surface area contributed by atoms with E-state index in [0.29, 0.717) is 24.7 Å². The van der Waals surface area contributed by atoms with Gasteiger partial charge in [0.15, 0.2) is 9.84 Å². The molecule has 1 saturated heterocycles. The van der Waals surface area contributed by atoms with E-state index in [9.17, 15) is 13.2 Å². The minimum absolute atomic E-state index is 0.0483. The van der Waals surface area contributed by atoms with Gasteiger partial charge in [-0.1, -0.05) is 12.8 Å². The van der Waals surface area contributed by atoms with Crippen molar-refractivity contribution in [3.63, 3.8) is 0 Å². The molecule has 1 amide bonds. The van der Waals surface area contributed by atoms with Crippen LogP contribution in [0.15, 0.2) is 6.20 Å². The molecule has 1 N–H and O–H groups in total. The smallest absolute Gasteiger partial charge is 0.255 e. The zero-order chi connectivity index (χ0) is 20.0. The van der Waals surface area contributed by atoms with Crippen molar-refractivity contribution in [2.75, 3.05) is 29.9 Å². The first kappa shape index (κ1) is 19.3. The van der Waals surface area contributed by atoms with Crippen LogP contribution in [0.25, 0.3) is 0 Å². The molecule has 5 rings (SSSR count). The SMILES string of the molecule is O=C(c1cnc(N[C@@H]2C[C@@H]3CC[C@@H](C3)C2)c2c1CCCC2)N1CCS(=O)(=O)CC1. The molecular formula is C22H31N3O3S. The summed E-state index contributed by atoms with van der Waals surface area (Å²) in [6.07, 6.45) is 12.5. The van der Waals surface area contributed by atoms with Crippen molar-refractivity contribution in [2.45, 2.75) is 63.8 Å². The second kappa shape index (κ2) is 7.56.